The van der Waals surface area contributed by atoms with Crippen LogP contribution in [-0.4, -0.2) is 55.0 Å². The minimum Gasteiger partial charge on any atom is -0.493 e. The van der Waals surface area contributed by atoms with E-state index >= 15 is 0 Å². The van der Waals surface area contributed by atoms with Gasteiger partial charge < -0.3 is 19.3 Å². The lowest BCUT2D eigenvalue weighted by Gasteiger charge is -2.43. The van der Waals surface area contributed by atoms with Crippen LogP contribution >= 0.6 is 0 Å². The largest absolute Gasteiger partial charge is 0.493 e. The first-order chi connectivity index (χ1) is 13.6. The summed E-state index contributed by atoms with van der Waals surface area (Å²) >= 11 is 0. The highest BCUT2D eigenvalue weighted by molar-refractivity contribution is 5.95. The molecule has 0 N–H and O–H groups in total. The molecule has 1 atom stereocenters. The van der Waals surface area contributed by atoms with Crippen LogP contribution in [0.25, 0.3) is 0 Å². The Morgan fingerprint density at radius 3 is 2.46 bits per heavy atom. The summed E-state index contributed by atoms with van der Waals surface area (Å²) in [6, 6.07) is 13.4. The van der Waals surface area contributed by atoms with Crippen molar-refractivity contribution in [2.24, 2.45) is 0 Å². The summed E-state index contributed by atoms with van der Waals surface area (Å²) in [6.45, 7) is 1.17. The van der Waals surface area contributed by atoms with Crippen molar-refractivity contribution in [3.05, 3.63) is 59.2 Å². The Hall–Kier alpha value is -3.02. The van der Waals surface area contributed by atoms with Crippen molar-refractivity contribution in [2.75, 3.05) is 27.3 Å². The van der Waals surface area contributed by atoms with Crippen LogP contribution in [0.1, 0.15) is 16.7 Å². The van der Waals surface area contributed by atoms with Gasteiger partial charge in [-0.1, -0.05) is 30.3 Å². The highest BCUT2D eigenvalue weighted by atomic mass is 16.5. The Morgan fingerprint density at radius 2 is 1.71 bits per heavy atom. The summed E-state index contributed by atoms with van der Waals surface area (Å²) in [5, 5.41) is 0. The highest BCUT2D eigenvalue weighted by Crippen LogP contribution is 2.29. The Kier molecular flexibility index (Phi) is 4.94. The van der Waals surface area contributed by atoms with E-state index in [0.29, 0.717) is 37.4 Å². The lowest BCUT2D eigenvalue weighted by molar-refractivity contribution is -0.157. The molecule has 0 aliphatic carbocycles. The van der Waals surface area contributed by atoms with Crippen molar-refractivity contribution in [1.29, 1.82) is 0 Å². The second-order valence-electron chi connectivity index (χ2n) is 7.21. The summed E-state index contributed by atoms with van der Waals surface area (Å²) in [7, 11) is 3.20. The molecule has 2 heterocycles. The van der Waals surface area contributed by atoms with Crippen molar-refractivity contribution in [1.82, 2.24) is 9.80 Å². The number of ether oxygens (including phenoxy) is 2. The molecule has 2 aromatic carbocycles. The molecule has 2 aliphatic heterocycles. The van der Waals surface area contributed by atoms with Gasteiger partial charge in [-0.05, 0) is 35.2 Å². The van der Waals surface area contributed by atoms with Crippen LogP contribution in [0, 0.1) is 0 Å². The normalized spacial score (nSPS) is 18.6. The van der Waals surface area contributed by atoms with Gasteiger partial charge in [-0.25, -0.2) is 0 Å². The van der Waals surface area contributed by atoms with E-state index < -0.39 is 0 Å². The number of nitrogens with zero attached hydrogens (tertiary/aromatic N) is 2. The van der Waals surface area contributed by atoms with Crippen LogP contribution in [0.15, 0.2) is 42.5 Å². The Bertz CT molecular complexity index is 911. The van der Waals surface area contributed by atoms with Gasteiger partial charge in [0.1, 0.15) is 6.04 Å². The molecule has 0 saturated carbocycles. The molecule has 1 fully saturated rings. The number of hydrogen-bond acceptors (Lipinski definition) is 4. The van der Waals surface area contributed by atoms with Crippen LogP contribution in [0.4, 0.5) is 0 Å². The van der Waals surface area contributed by atoms with E-state index in [9.17, 15) is 9.59 Å². The Morgan fingerprint density at radius 1 is 0.964 bits per heavy atom. The first-order valence-corrected chi connectivity index (χ1v) is 9.46. The van der Waals surface area contributed by atoms with E-state index in [4.69, 9.17) is 9.47 Å². The van der Waals surface area contributed by atoms with Gasteiger partial charge in [-0.3, -0.25) is 9.59 Å². The average Bonchev–Trinajstić information content (AvgIpc) is 2.74. The predicted molar refractivity (Wildman–Crippen MR) is 104 cm³/mol. The van der Waals surface area contributed by atoms with E-state index in [-0.39, 0.29) is 24.4 Å². The molecule has 0 radical (unpaired) electrons. The molecular formula is C22H24N2O4. The van der Waals surface area contributed by atoms with Crippen molar-refractivity contribution < 1.29 is 19.1 Å². The van der Waals surface area contributed by atoms with Crippen LogP contribution in [0.2, 0.25) is 0 Å². The van der Waals surface area contributed by atoms with Crippen LogP contribution in [0.5, 0.6) is 11.5 Å². The summed E-state index contributed by atoms with van der Waals surface area (Å²) in [5.74, 6) is 1.39. The van der Waals surface area contributed by atoms with Gasteiger partial charge in [0.25, 0.3) is 0 Å². The molecule has 2 amide bonds. The molecule has 6 heteroatoms. The van der Waals surface area contributed by atoms with Gasteiger partial charge in [0.05, 0.1) is 20.8 Å². The molecule has 4 rings (SSSR count). The maximum atomic E-state index is 13.0. The number of piperazine rings is 1. The number of fused-ring (bicyclic) bond motifs is 2. The third-order valence-corrected chi connectivity index (χ3v) is 5.61. The molecule has 146 valence electrons. The second kappa shape index (κ2) is 7.54. The third kappa shape index (κ3) is 3.30. The van der Waals surface area contributed by atoms with Crippen molar-refractivity contribution >= 4 is 11.8 Å². The zero-order valence-electron chi connectivity index (χ0n) is 16.2. The highest BCUT2D eigenvalue weighted by Gasteiger charge is 2.41. The monoisotopic (exact) mass is 380 g/mol. The number of benzene rings is 2. The molecule has 6 nitrogen and oxygen atoms in total. The minimum atomic E-state index is -0.387. The molecule has 0 bridgehead atoms. The lowest BCUT2D eigenvalue weighted by Crippen LogP contribution is -2.61. The SMILES string of the molecule is COc1ccc(CCN2CC(=O)N3Cc4ccccc4CC3C2=O)cc1OC. The third-order valence-electron chi connectivity index (χ3n) is 5.61. The van der Waals surface area contributed by atoms with E-state index in [1.807, 2.05) is 42.5 Å². The summed E-state index contributed by atoms with van der Waals surface area (Å²) in [5.41, 5.74) is 3.33. The lowest BCUT2D eigenvalue weighted by atomic mass is 9.91. The van der Waals surface area contributed by atoms with Gasteiger partial charge in [-0.2, -0.15) is 0 Å². The topological polar surface area (TPSA) is 59.1 Å². The Labute approximate surface area is 164 Å². The molecule has 2 aliphatic rings. The molecule has 2 aromatic rings. The molecular weight excluding hydrogens is 356 g/mol. The summed E-state index contributed by atoms with van der Waals surface area (Å²) < 4.78 is 10.6. The minimum absolute atomic E-state index is 0.0198. The quantitative estimate of drug-likeness (QED) is 0.797. The van der Waals surface area contributed by atoms with Gasteiger partial charge in [-0.15, -0.1) is 0 Å². The fourth-order valence-electron chi connectivity index (χ4n) is 4.04. The smallest absolute Gasteiger partial charge is 0.246 e. The van der Waals surface area contributed by atoms with Crippen molar-refractivity contribution in [3.8, 4) is 11.5 Å². The number of carbonyl (C=O) groups excluding carboxylic acids is 2. The van der Waals surface area contributed by atoms with Gasteiger partial charge in [0, 0.05) is 19.5 Å². The fourth-order valence-corrected chi connectivity index (χ4v) is 4.04. The van der Waals surface area contributed by atoms with Crippen LogP contribution in [-0.2, 0) is 29.0 Å². The maximum absolute atomic E-state index is 13.0. The van der Waals surface area contributed by atoms with Gasteiger partial charge >= 0.3 is 0 Å². The van der Waals surface area contributed by atoms with Crippen molar-refractivity contribution in [2.45, 2.75) is 25.4 Å². The van der Waals surface area contributed by atoms with Crippen LogP contribution < -0.4 is 9.47 Å². The summed E-state index contributed by atoms with van der Waals surface area (Å²) in [4.78, 5) is 29.2. The molecule has 1 saturated heterocycles. The van der Waals surface area contributed by atoms with Crippen LogP contribution in [0.3, 0.4) is 0 Å². The molecule has 28 heavy (non-hydrogen) atoms. The standard InChI is InChI=1S/C22H24N2O4/c1-27-19-8-7-15(11-20(19)28-2)9-10-23-14-21(25)24-13-17-6-4-3-5-16(17)12-18(24)22(23)26/h3-8,11,18H,9-10,12-14H2,1-2H3. The number of hydrogen-bond donors (Lipinski definition) is 0. The molecule has 1 unspecified atom stereocenters. The second-order valence-corrected chi connectivity index (χ2v) is 7.21. The zero-order chi connectivity index (χ0) is 19.7. The van der Waals surface area contributed by atoms with E-state index in [1.165, 1.54) is 0 Å². The number of rotatable bonds is 5. The number of carbonyl (C=O) groups is 2. The molecule has 0 spiro atoms. The first-order valence-electron chi connectivity index (χ1n) is 9.46. The Balaban J connectivity index is 1.47. The van der Waals surface area contributed by atoms with Gasteiger partial charge in [0.2, 0.25) is 11.8 Å². The summed E-state index contributed by atoms with van der Waals surface area (Å²) in [6.07, 6.45) is 1.25. The van der Waals surface area contributed by atoms with E-state index in [1.54, 1.807) is 24.0 Å². The van der Waals surface area contributed by atoms with E-state index in [2.05, 4.69) is 0 Å². The first kappa shape index (κ1) is 18.3. The fraction of sp³-hybridized carbons (Fsp3) is 0.364. The van der Waals surface area contributed by atoms with Crippen molar-refractivity contribution in [3.63, 3.8) is 0 Å². The predicted octanol–water partition coefficient (Wildman–Crippen LogP) is 2.04. The number of amides is 2. The van der Waals surface area contributed by atoms with Gasteiger partial charge in [0.15, 0.2) is 11.5 Å². The zero-order valence-corrected chi connectivity index (χ0v) is 16.2. The molecule has 0 aromatic heterocycles. The number of methoxy groups -OCH3 is 2. The van der Waals surface area contributed by atoms with E-state index in [0.717, 1.165) is 16.7 Å². The maximum Gasteiger partial charge on any atom is 0.246 e. The average molecular weight is 380 g/mol.